The van der Waals surface area contributed by atoms with E-state index < -0.39 is 0 Å². The van der Waals surface area contributed by atoms with E-state index in [0.29, 0.717) is 18.7 Å². The van der Waals surface area contributed by atoms with Crippen LogP contribution in [0, 0.1) is 0 Å². The zero-order valence-corrected chi connectivity index (χ0v) is 12.7. The Morgan fingerprint density at radius 3 is 3.10 bits per heavy atom. The first kappa shape index (κ1) is 14.1. The van der Waals surface area contributed by atoms with E-state index in [9.17, 15) is 0 Å². The Bertz CT molecular complexity index is 593. The summed E-state index contributed by atoms with van der Waals surface area (Å²) in [5, 5.41) is 3.68. The highest BCUT2D eigenvalue weighted by atomic mass is 16.5. The summed E-state index contributed by atoms with van der Waals surface area (Å²) in [6, 6.07) is 9.14. The normalized spacial score (nSPS) is 22.2. The number of aromatic nitrogens is 2. The Kier molecular flexibility index (Phi) is 4.25. The van der Waals surface area contributed by atoms with Gasteiger partial charge in [-0.1, -0.05) is 6.07 Å². The molecule has 1 aliphatic heterocycles. The summed E-state index contributed by atoms with van der Waals surface area (Å²) >= 11 is 0. The molecule has 21 heavy (non-hydrogen) atoms. The summed E-state index contributed by atoms with van der Waals surface area (Å²) in [6.45, 7) is 4.94. The minimum Gasteiger partial charge on any atom is -0.494 e. The summed E-state index contributed by atoms with van der Waals surface area (Å²) in [7, 11) is 0. The van der Waals surface area contributed by atoms with Gasteiger partial charge >= 0.3 is 0 Å². The number of hydrogen-bond donors (Lipinski definition) is 1. The predicted octanol–water partition coefficient (Wildman–Crippen LogP) is 3.47. The van der Waals surface area contributed by atoms with Crippen molar-refractivity contribution in [3.05, 3.63) is 42.5 Å². The number of ether oxygens (including phenoxy) is 1. The molecule has 0 radical (unpaired) electrons. The van der Waals surface area contributed by atoms with Crippen LogP contribution in [0.25, 0.3) is 5.69 Å². The molecular weight excluding hydrogens is 262 g/mol. The molecule has 112 valence electrons. The van der Waals surface area contributed by atoms with Crippen molar-refractivity contribution in [3.8, 4) is 11.4 Å². The Morgan fingerprint density at radius 1 is 1.38 bits per heavy atom. The predicted molar refractivity (Wildman–Crippen MR) is 83.9 cm³/mol. The number of piperidine rings is 1. The molecule has 0 aliphatic carbocycles. The van der Waals surface area contributed by atoms with Crippen LogP contribution in [0.3, 0.4) is 0 Å². The molecular formula is C17H23N3O. The third-order valence-electron chi connectivity index (χ3n) is 4.05. The minimum atomic E-state index is 0.381. The van der Waals surface area contributed by atoms with Crippen LogP contribution in [-0.4, -0.2) is 22.2 Å². The van der Waals surface area contributed by atoms with Gasteiger partial charge in [-0.3, -0.25) is 0 Å². The van der Waals surface area contributed by atoms with Crippen molar-refractivity contribution in [1.29, 1.82) is 0 Å². The van der Waals surface area contributed by atoms with Gasteiger partial charge in [0, 0.05) is 18.2 Å². The first-order chi connectivity index (χ1) is 10.3. The molecule has 1 aliphatic rings. The lowest BCUT2D eigenvalue weighted by Gasteiger charge is -2.29. The van der Waals surface area contributed by atoms with E-state index in [1.807, 2.05) is 31.6 Å². The van der Waals surface area contributed by atoms with Gasteiger partial charge < -0.3 is 14.6 Å². The van der Waals surface area contributed by atoms with Crippen LogP contribution in [0.15, 0.2) is 36.8 Å². The lowest BCUT2D eigenvalue weighted by Crippen LogP contribution is -2.35. The first-order valence-corrected chi connectivity index (χ1v) is 7.79. The summed E-state index contributed by atoms with van der Waals surface area (Å²) in [5.74, 6) is 0.902. The van der Waals surface area contributed by atoms with Gasteiger partial charge in [0.2, 0.25) is 0 Å². The fourth-order valence-electron chi connectivity index (χ4n) is 3.04. The highest BCUT2D eigenvalue weighted by molar-refractivity contribution is 5.41. The quantitative estimate of drug-likeness (QED) is 0.935. The molecule has 3 rings (SSSR count). The number of hydrogen-bond acceptors (Lipinski definition) is 3. The second-order valence-electron chi connectivity index (χ2n) is 5.67. The van der Waals surface area contributed by atoms with Crippen LogP contribution in [0.1, 0.15) is 44.8 Å². The number of benzene rings is 1. The summed E-state index contributed by atoms with van der Waals surface area (Å²) in [5.41, 5.74) is 2.34. The average Bonchev–Trinajstić information content (AvgIpc) is 2.97. The molecule has 4 heteroatoms. The monoisotopic (exact) mass is 285 g/mol. The SMILES string of the molecule is CCOc1cccc(-n2cncc2C2CCCC(C)N2)c1. The zero-order chi connectivity index (χ0) is 14.7. The van der Waals surface area contributed by atoms with Gasteiger partial charge in [0.05, 0.1) is 30.5 Å². The van der Waals surface area contributed by atoms with Crippen molar-refractivity contribution in [3.63, 3.8) is 0 Å². The smallest absolute Gasteiger partial charge is 0.121 e. The van der Waals surface area contributed by atoms with Crippen LogP contribution < -0.4 is 10.1 Å². The molecule has 0 spiro atoms. The van der Waals surface area contributed by atoms with E-state index >= 15 is 0 Å². The number of nitrogens with zero attached hydrogens (tertiary/aromatic N) is 2. The molecule has 4 nitrogen and oxygen atoms in total. The average molecular weight is 285 g/mol. The lowest BCUT2D eigenvalue weighted by atomic mass is 9.97. The van der Waals surface area contributed by atoms with Crippen molar-refractivity contribution in [2.24, 2.45) is 0 Å². The molecule has 2 aromatic rings. The number of nitrogens with one attached hydrogen (secondary N) is 1. The van der Waals surface area contributed by atoms with Gasteiger partial charge in [-0.25, -0.2) is 4.98 Å². The zero-order valence-electron chi connectivity index (χ0n) is 12.7. The summed E-state index contributed by atoms with van der Waals surface area (Å²) in [6.07, 6.45) is 7.55. The van der Waals surface area contributed by atoms with Crippen LogP contribution >= 0.6 is 0 Å². The fraction of sp³-hybridized carbons (Fsp3) is 0.471. The van der Waals surface area contributed by atoms with Crippen LogP contribution in [0.2, 0.25) is 0 Å². The maximum atomic E-state index is 5.60. The van der Waals surface area contributed by atoms with E-state index in [2.05, 4.69) is 33.9 Å². The van der Waals surface area contributed by atoms with Crippen molar-refractivity contribution in [2.75, 3.05) is 6.61 Å². The highest BCUT2D eigenvalue weighted by Gasteiger charge is 2.22. The van der Waals surface area contributed by atoms with Gasteiger partial charge in [-0.2, -0.15) is 0 Å². The third-order valence-corrected chi connectivity index (χ3v) is 4.05. The first-order valence-electron chi connectivity index (χ1n) is 7.79. The largest absolute Gasteiger partial charge is 0.494 e. The van der Waals surface area contributed by atoms with Crippen molar-refractivity contribution in [1.82, 2.24) is 14.9 Å². The van der Waals surface area contributed by atoms with Crippen molar-refractivity contribution in [2.45, 2.75) is 45.2 Å². The lowest BCUT2D eigenvalue weighted by molar-refractivity contribution is 0.333. The second kappa shape index (κ2) is 6.31. The standard InChI is InChI=1S/C17H23N3O/c1-3-21-15-8-5-7-14(10-15)20-12-18-11-17(20)16-9-4-6-13(2)19-16/h5,7-8,10-13,16,19H,3-4,6,9H2,1-2H3. The maximum Gasteiger partial charge on any atom is 0.121 e. The maximum absolute atomic E-state index is 5.60. The Hall–Kier alpha value is -1.81. The Balaban J connectivity index is 1.89. The molecule has 0 amide bonds. The van der Waals surface area contributed by atoms with E-state index in [-0.39, 0.29) is 0 Å². The van der Waals surface area contributed by atoms with Crippen molar-refractivity contribution >= 4 is 0 Å². The Labute approximate surface area is 126 Å². The molecule has 0 bridgehead atoms. The van der Waals surface area contributed by atoms with E-state index in [4.69, 9.17) is 4.74 Å². The van der Waals surface area contributed by atoms with E-state index in [1.165, 1.54) is 25.0 Å². The topological polar surface area (TPSA) is 39.1 Å². The molecule has 1 fully saturated rings. The summed E-state index contributed by atoms with van der Waals surface area (Å²) < 4.78 is 7.76. The minimum absolute atomic E-state index is 0.381. The highest BCUT2D eigenvalue weighted by Crippen LogP contribution is 2.28. The van der Waals surface area contributed by atoms with Crippen LogP contribution in [0.4, 0.5) is 0 Å². The van der Waals surface area contributed by atoms with E-state index in [0.717, 1.165) is 11.4 Å². The third kappa shape index (κ3) is 3.10. The second-order valence-corrected chi connectivity index (χ2v) is 5.67. The molecule has 1 N–H and O–H groups in total. The van der Waals surface area contributed by atoms with Gasteiger partial charge in [-0.15, -0.1) is 0 Å². The van der Waals surface area contributed by atoms with Gasteiger partial charge in [0.1, 0.15) is 5.75 Å². The van der Waals surface area contributed by atoms with Gasteiger partial charge in [0.25, 0.3) is 0 Å². The van der Waals surface area contributed by atoms with Gasteiger partial charge in [-0.05, 0) is 45.2 Å². The van der Waals surface area contributed by atoms with Gasteiger partial charge in [0.15, 0.2) is 0 Å². The number of imidazole rings is 1. The van der Waals surface area contributed by atoms with Crippen molar-refractivity contribution < 1.29 is 4.74 Å². The molecule has 1 aromatic carbocycles. The fourth-order valence-corrected chi connectivity index (χ4v) is 3.04. The molecule has 0 saturated carbocycles. The van der Waals surface area contributed by atoms with E-state index in [1.54, 1.807) is 0 Å². The molecule has 2 unspecified atom stereocenters. The number of rotatable bonds is 4. The summed E-state index contributed by atoms with van der Waals surface area (Å²) in [4.78, 5) is 4.36. The molecule has 2 atom stereocenters. The van der Waals surface area contributed by atoms with Crippen LogP contribution in [0.5, 0.6) is 5.75 Å². The Morgan fingerprint density at radius 2 is 2.29 bits per heavy atom. The molecule has 2 heterocycles. The van der Waals surface area contributed by atoms with Crippen LogP contribution in [-0.2, 0) is 0 Å². The molecule has 1 aromatic heterocycles. The molecule has 1 saturated heterocycles.